The van der Waals surface area contributed by atoms with Crippen LogP contribution in [0.2, 0.25) is 0 Å². The van der Waals surface area contributed by atoms with E-state index in [-0.39, 0.29) is 5.56 Å². The normalized spacial score (nSPS) is 11.2. The summed E-state index contributed by atoms with van der Waals surface area (Å²) in [6.45, 7) is 7.04. The second-order valence-corrected chi connectivity index (χ2v) is 6.53. The van der Waals surface area contributed by atoms with E-state index < -0.39 is 0 Å². The Labute approximate surface area is 147 Å². The largest absolute Gasteiger partial charge is 0.355 e. The molecule has 6 nitrogen and oxygen atoms in total. The van der Waals surface area contributed by atoms with Crippen LogP contribution in [0, 0.1) is 13.8 Å². The molecule has 0 aliphatic rings. The SMILES string of the molecule is CCCc1nn(C)c2c(=O)[nH]c(NCCc3ccc(C)c(C)c3)nc12. The molecule has 3 rings (SSSR count). The Balaban J connectivity index is 1.78. The van der Waals surface area contributed by atoms with Crippen LogP contribution in [0.1, 0.15) is 35.7 Å². The molecule has 3 aromatic rings. The van der Waals surface area contributed by atoms with Gasteiger partial charge in [-0.2, -0.15) is 5.10 Å². The molecule has 0 atom stereocenters. The van der Waals surface area contributed by atoms with Crippen LogP contribution in [-0.2, 0) is 19.9 Å². The fraction of sp³-hybridized carbons (Fsp3) is 0.421. The molecule has 0 aliphatic heterocycles. The molecule has 0 amide bonds. The third-order valence-corrected chi connectivity index (χ3v) is 4.53. The smallest absolute Gasteiger partial charge is 0.278 e. The van der Waals surface area contributed by atoms with Crippen molar-refractivity contribution in [1.29, 1.82) is 0 Å². The first-order valence-electron chi connectivity index (χ1n) is 8.75. The van der Waals surface area contributed by atoms with E-state index >= 15 is 0 Å². The van der Waals surface area contributed by atoms with Crippen molar-refractivity contribution >= 4 is 17.0 Å². The molecule has 0 unspecified atom stereocenters. The third kappa shape index (κ3) is 3.57. The summed E-state index contributed by atoms with van der Waals surface area (Å²) < 4.78 is 1.62. The molecular formula is C19H25N5O. The van der Waals surface area contributed by atoms with Crippen LogP contribution in [-0.4, -0.2) is 26.3 Å². The van der Waals surface area contributed by atoms with Gasteiger partial charge in [0.05, 0.1) is 5.69 Å². The zero-order valence-corrected chi connectivity index (χ0v) is 15.3. The maximum Gasteiger partial charge on any atom is 0.278 e. The monoisotopic (exact) mass is 339 g/mol. The van der Waals surface area contributed by atoms with Gasteiger partial charge in [0.2, 0.25) is 5.95 Å². The minimum atomic E-state index is -0.156. The average Bonchev–Trinajstić information content (AvgIpc) is 2.88. The third-order valence-electron chi connectivity index (χ3n) is 4.53. The summed E-state index contributed by atoms with van der Waals surface area (Å²) in [5, 5.41) is 7.67. The molecule has 132 valence electrons. The molecule has 0 saturated heterocycles. The van der Waals surface area contributed by atoms with Gasteiger partial charge in [-0.15, -0.1) is 0 Å². The summed E-state index contributed by atoms with van der Waals surface area (Å²) in [6, 6.07) is 6.49. The number of hydrogen-bond acceptors (Lipinski definition) is 4. The minimum absolute atomic E-state index is 0.156. The Hall–Kier alpha value is -2.63. The first kappa shape index (κ1) is 17.2. The molecule has 0 radical (unpaired) electrons. The number of aromatic nitrogens is 4. The molecule has 0 saturated carbocycles. The number of benzene rings is 1. The van der Waals surface area contributed by atoms with Gasteiger partial charge >= 0.3 is 0 Å². The zero-order chi connectivity index (χ0) is 18.0. The van der Waals surface area contributed by atoms with Crippen molar-refractivity contribution in [3.8, 4) is 0 Å². The predicted molar refractivity (Wildman–Crippen MR) is 101 cm³/mol. The zero-order valence-electron chi connectivity index (χ0n) is 15.3. The van der Waals surface area contributed by atoms with Crippen molar-refractivity contribution < 1.29 is 0 Å². The highest BCUT2D eigenvalue weighted by atomic mass is 16.1. The second-order valence-electron chi connectivity index (χ2n) is 6.53. The Kier molecular flexibility index (Phi) is 4.88. The molecular weight excluding hydrogens is 314 g/mol. The number of anilines is 1. The average molecular weight is 339 g/mol. The van der Waals surface area contributed by atoms with Crippen LogP contribution in [0.4, 0.5) is 5.95 Å². The van der Waals surface area contributed by atoms with Crippen LogP contribution in [0.3, 0.4) is 0 Å². The van der Waals surface area contributed by atoms with Crippen LogP contribution in [0.25, 0.3) is 11.0 Å². The van der Waals surface area contributed by atoms with Crippen LogP contribution in [0.5, 0.6) is 0 Å². The van der Waals surface area contributed by atoms with Gasteiger partial charge in [0.25, 0.3) is 5.56 Å². The first-order valence-corrected chi connectivity index (χ1v) is 8.75. The Morgan fingerprint density at radius 3 is 2.72 bits per heavy atom. The Morgan fingerprint density at radius 2 is 2.00 bits per heavy atom. The van der Waals surface area contributed by atoms with E-state index in [1.165, 1.54) is 16.7 Å². The number of fused-ring (bicyclic) bond motifs is 1. The summed E-state index contributed by atoms with van der Waals surface area (Å²) in [6.07, 6.45) is 2.66. The maximum absolute atomic E-state index is 12.4. The number of aryl methyl sites for hydroxylation is 4. The van der Waals surface area contributed by atoms with Crippen LogP contribution < -0.4 is 10.9 Å². The van der Waals surface area contributed by atoms with Crippen molar-refractivity contribution in [2.45, 2.75) is 40.0 Å². The van der Waals surface area contributed by atoms with E-state index in [0.29, 0.717) is 23.5 Å². The quantitative estimate of drug-likeness (QED) is 0.724. The molecule has 6 heteroatoms. The van der Waals surface area contributed by atoms with E-state index in [2.05, 4.69) is 59.4 Å². The fourth-order valence-corrected chi connectivity index (χ4v) is 3.02. The van der Waals surface area contributed by atoms with Crippen LogP contribution >= 0.6 is 0 Å². The summed E-state index contributed by atoms with van der Waals surface area (Å²) in [4.78, 5) is 19.8. The molecule has 2 aromatic heterocycles. The summed E-state index contributed by atoms with van der Waals surface area (Å²) in [7, 11) is 1.78. The van der Waals surface area contributed by atoms with Crippen molar-refractivity contribution in [3.05, 3.63) is 50.9 Å². The highest BCUT2D eigenvalue weighted by Crippen LogP contribution is 2.15. The van der Waals surface area contributed by atoms with Gasteiger partial charge in [-0.05, 0) is 43.4 Å². The van der Waals surface area contributed by atoms with Gasteiger partial charge < -0.3 is 5.32 Å². The lowest BCUT2D eigenvalue weighted by atomic mass is 10.0. The summed E-state index contributed by atoms with van der Waals surface area (Å²) >= 11 is 0. The van der Waals surface area contributed by atoms with Crippen molar-refractivity contribution in [2.75, 3.05) is 11.9 Å². The molecule has 0 fully saturated rings. The van der Waals surface area contributed by atoms with Crippen molar-refractivity contribution in [2.24, 2.45) is 7.05 Å². The number of nitrogens with zero attached hydrogens (tertiary/aromatic N) is 3. The predicted octanol–water partition coefficient (Wildman–Crippen LogP) is 2.88. The lowest BCUT2D eigenvalue weighted by molar-refractivity contribution is 0.751. The van der Waals surface area contributed by atoms with E-state index in [1.54, 1.807) is 11.7 Å². The minimum Gasteiger partial charge on any atom is -0.355 e. The number of nitrogens with one attached hydrogen (secondary N) is 2. The highest BCUT2D eigenvalue weighted by Gasteiger charge is 2.14. The van der Waals surface area contributed by atoms with Gasteiger partial charge in [0, 0.05) is 13.6 Å². The molecule has 1 aromatic carbocycles. The van der Waals surface area contributed by atoms with E-state index in [9.17, 15) is 4.79 Å². The summed E-state index contributed by atoms with van der Waals surface area (Å²) in [5.41, 5.74) is 5.81. The van der Waals surface area contributed by atoms with Gasteiger partial charge in [-0.3, -0.25) is 14.5 Å². The van der Waals surface area contributed by atoms with E-state index in [0.717, 1.165) is 25.0 Å². The fourth-order valence-electron chi connectivity index (χ4n) is 3.02. The molecule has 0 spiro atoms. The summed E-state index contributed by atoms with van der Waals surface area (Å²) in [5.74, 6) is 0.506. The van der Waals surface area contributed by atoms with Crippen molar-refractivity contribution in [1.82, 2.24) is 19.7 Å². The first-order chi connectivity index (χ1) is 12.0. The lowest BCUT2D eigenvalue weighted by Crippen LogP contribution is -2.16. The molecule has 0 aliphatic carbocycles. The van der Waals surface area contributed by atoms with Gasteiger partial charge in [0.1, 0.15) is 5.52 Å². The second kappa shape index (κ2) is 7.09. The molecule has 2 heterocycles. The van der Waals surface area contributed by atoms with Crippen LogP contribution in [0.15, 0.2) is 23.0 Å². The Morgan fingerprint density at radius 1 is 1.20 bits per heavy atom. The molecule has 0 bridgehead atoms. The number of aromatic amines is 1. The molecule has 25 heavy (non-hydrogen) atoms. The van der Waals surface area contributed by atoms with E-state index in [4.69, 9.17) is 0 Å². The lowest BCUT2D eigenvalue weighted by Gasteiger charge is -2.08. The standard InChI is InChI=1S/C19H25N5O/c1-5-6-15-16-17(24(4)23-15)18(25)22-19(21-16)20-10-9-14-8-7-12(2)13(3)11-14/h7-8,11H,5-6,9-10H2,1-4H3,(H2,20,21,22,25). The van der Waals surface area contributed by atoms with Gasteiger partial charge in [-0.1, -0.05) is 31.5 Å². The highest BCUT2D eigenvalue weighted by molar-refractivity contribution is 5.77. The Bertz CT molecular complexity index is 954. The number of H-pyrrole nitrogens is 1. The number of hydrogen-bond donors (Lipinski definition) is 2. The maximum atomic E-state index is 12.4. The molecule has 2 N–H and O–H groups in total. The topological polar surface area (TPSA) is 75.6 Å². The number of rotatable bonds is 6. The van der Waals surface area contributed by atoms with Gasteiger partial charge in [0.15, 0.2) is 5.52 Å². The van der Waals surface area contributed by atoms with E-state index in [1.807, 2.05) is 0 Å². The van der Waals surface area contributed by atoms with Crippen molar-refractivity contribution in [3.63, 3.8) is 0 Å². The van der Waals surface area contributed by atoms with Gasteiger partial charge in [-0.25, -0.2) is 4.98 Å².